The van der Waals surface area contributed by atoms with E-state index in [4.69, 9.17) is 9.47 Å². The molecule has 110 valence electrons. The topological polar surface area (TPSA) is 59.6 Å². The van der Waals surface area contributed by atoms with E-state index in [1.807, 2.05) is 18.2 Å². The first-order valence-corrected chi connectivity index (χ1v) is 6.85. The first-order chi connectivity index (χ1) is 9.65. The number of carbonyl (C=O) groups excluding carboxylic acids is 1. The van der Waals surface area contributed by atoms with Crippen molar-refractivity contribution >= 4 is 5.91 Å². The van der Waals surface area contributed by atoms with Crippen LogP contribution < -0.4 is 20.1 Å². The fraction of sp³-hybridized carbons (Fsp3) is 0.533. The molecule has 1 aromatic carbocycles. The SMILES string of the molecule is COc1ccc(OC)c(CNC(=O)[C@@H]2CNC[C@H]2C)c1. The van der Waals surface area contributed by atoms with E-state index in [2.05, 4.69) is 17.6 Å². The third-order valence-electron chi connectivity index (χ3n) is 3.79. The average molecular weight is 278 g/mol. The lowest BCUT2D eigenvalue weighted by atomic mass is 9.97. The van der Waals surface area contributed by atoms with Crippen molar-refractivity contribution in [1.29, 1.82) is 0 Å². The van der Waals surface area contributed by atoms with Crippen molar-refractivity contribution in [2.24, 2.45) is 11.8 Å². The molecule has 2 N–H and O–H groups in total. The Balaban J connectivity index is 2.00. The van der Waals surface area contributed by atoms with Crippen LogP contribution in [0.5, 0.6) is 11.5 Å². The van der Waals surface area contributed by atoms with Gasteiger partial charge in [0.25, 0.3) is 0 Å². The van der Waals surface area contributed by atoms with E-state index < -0.39 is 0 Å². The molecule has 1 aliphatic rings. The minimum absolute atomic E-state index is 0.0478. The maximum Gasteiger partial charge on any atom is 0.224 e. The highest BCUT2D eigenvalue weighted by atomic mass is 16.5. The van der Waals surface area contributed by atoms with Gasteiger partial charge in [-0.15, -0.1) is 0 Å². The molecular weight excluding hydrogens is 256 g/mol. The highest BCUT2D eigenvalue weighted by molar-refractivity contribution is 5.79. The lowest BCUT2D eigenvalue weighted by molar-refractivity contribution is -0.125. The van der Waals surface area contributed by atoms with Crippen LogP contribution in [0.4, 0.5) is 0 Å². The highest BCUT2D eigenvalue weighted by Crippen LogP contribution is 2.24. The average Bonchev–Trinajstić information content (AvgIpc) is 2.90. The zero-order valence-electron chi connectivity index (χ0n) is 12.2. The maximum absolute atomic E-state index is 12.2. The van der Waals surface area contributed by atoms with E-state index in [0.29, 0.717) is 12.5 Å². The molecule has 0 spiro atoms. The number of hydrogen-bond donors (Lipinski definition) is 2. The van der Waals surface area contributed by atoms with E-state index in [0.717, 1.165) is 30.2 Å². The van der Waals surface area contributed by atoms with Gasteiger partial charge in [0.05, 0.1) is 20.1 Å². The number of carbonyl (C=O) groups is 1. The number of hydrogen-bond acceptors (Lipinski definition) is 4. The molecule has 1 heterocycles. The molecular formula is C15H22N2O3. The molecule has 0 unspecified atom stereocenters. The van der Waals surface area contributed by atoms with Crippen LogP contribution in [0.25, 0.3) is 0 Å². The molecule has 0 saturated carbocycles. The smallest absolute Gasteiger partial charge is 0.224 e. The Labute approximate surface area is 119 Å². The highest BCUT2D eigenvalue weighted by Gasteiger charge is 2.29. The number of methoxy groups -OCH3 is 2. The molecule has 5 nitrogen and oxygen atoms in total. The second-order valence-electron chi connectivity index (χ2n) is 5.14. The van der Waals surface area contributed by atoms with Crippen molar-refractivity contribution in [3.8, 4) is 11.5 Å². The summed E-state index contributed by atoms with van der Waals surface area (Å²) < 4.78 is 10.5. The van der Waals surface area contributed by atoms with Gasteiger partial charge in [-0.1, -0.05) is 6.92 Å². The van der Waals surface area contributed by atoms with E-state index in [9.17, 15) is 4.79 Å². The summed E-state index contributed by atoms with van der Waals surface area (Å²) in [7, 11) is 3.24. The maximum atomic E-state index is 12.2. The van der Waals surface area contributed by atoms with Gasteiger partial charge in [0.15, 0.2) is 0 Å². The molecule has 0 aliphatic carbocycles. The lowest BCUT2D eigenvalue weighted by Crippen LogP contribution is -2.34. The standard InChI is InChI=1S/C15H22N2O3/c1-10-7-16-9-13(10)15(18)17-8-11-6-12(19-2)4-5-14(11)20-3/h4-6,10,13,16H,7-9H2,1-3H3,(H,17,18)/t10-,13-/m1/s1. The van der Waals surface area contributed by atoms with Crippen LogP contribution in [-0.4, -0.2) is 33.2 Å². The Bertz CT molecular complexity index is 476. The molecule has 20 heavy (non-hydrogen) atoms. The number of nitrogens with one attached hydrogen (secondary N) is 2. The summed E-state index contributed by atoms with van der Waals surface area (Å²) in [5, 5.41) is 6.22. The minimum atomic E-state index is 0.0478. The zero-order chi connectivity index (χ0) is 14.5. The third-order valence-corrected chi connectivity index (χ3v) is 3.79. The molecule has 1 aliphatic heterocycles. The predicted octanol–water partition coefficient (Wildman–Crippen LogP) is 1.18. The van der Waals surface area contributed by atoms with Gasteiger partial charge in [-0.05, 0) is 30.7 Å². The normalized spacial score (nSPS) is 21.6. The molecule has 2 atom stereocenters. The van der Waals surface area contributed by atoms with Crippen LogP contribution in [0, 0.1) is 11.8 Å². The van der Waals surface area contributed by atoms with E-state index in [1.165, 1.54) is 0 Å². The van der Waals surface area contributed by atoms with Crippen molar-refractivity contribution in [3.63, 3.8) is 0 Å². The van der Waals surface area contributed by atoms with Crippen molar-refractivity contribution in [2.75, 3.05) is 27.3 Å². The molecule has 1 aromatic rings. The van der Waals surface area contributed by atoms with Gasteiger partial charge in [-0.3, -0.25) is 4.79 Å². The Morgan fingerprint density at radius 2 is 2.15 bits per heavy atom. The van der Waals surface area contributed by atoms with E-state index >= 15 is 0 Å². The molecule has 0 radical (unpaired) electrons. The predicted molar refractivity (Wildman–Crippen MR) is 76.9 cm³/mol. The van der Waals surface area contributed by atoms with Crippen LogP contribution in [-0.2, 0) is 11.3 Å². The summed E-state index contributed by atoms with van der Waals surface area (Å²) in [5.41, 5.74) is 0.916. The summed E-state index contributed by atoms with van der Waals surface area (Å²) in [6.45, 7) is 4.20. The quantitative estimate of drug-likeness (QED) is 0.849. The molecule has 2 rings (SSSR count). The zero-order valence-corrected chi connectivity index (χ0v) is 12.2. The first kappa shape index (κ1) is 14.7. The molecule has 1 amide bonds. The van der Waals surface area contributed by atoms with Gasteiger partial charge in [0.1, 0.15) is 11.5 Å². The second-order valence-corrected chi connectivity index (χ2v) is 5.14. The number of rotatable bonds is 5. The fourth-order valence-corrected chi connectivity index (χ4v) is 2.49. The van der Waals surface area contributed by atoms with Gasteiger partial charge < -0.3 is 20.1 Å². The summed E-state index contributed by atoms with van der Waals surface area (Å²) >= 11 is 0. The Morgan fingerprint density at radius 3 is 2.75 bits per heavy atom. The van der Waals surface area contributed by atoms with Crippen LogP contribution in [0.15, 0.2) is 18.2 Å². The molecule has 1 fully saturated rings. The Morgan fingerprint density at radius 1 is 1.35 bits per heavy atom. The molecule has 1 saturated heterocycles. The largest absolute Gasteiger partial charge is 0.497 e. The van der Waals surface area contributed by atoms with Crippen LogP contribution in [0.2, 0.25) is 0 Å². The van der Waals surface area contributed by atoms with Gasteiger partial charge >= 0.3 is 0 Å². The molecule has 5 heteroatoms. The first-order valence-electron chi connectivity index (χ1n) is 6.85. The van der Waals surface area contributed by atoms with Crippen LogP contribution in [0.3, 0.4) is 0 Å². The van der Waals surface area contributed by atoms with Crippen molar-refractivity contribution in [2.45, 2.75) is 13.5 Å². The molecule has 0 bridgehead atoms. The van der Waals surface area contributed by atoms with E-state index in [-0.39, 0.29) is 11.8 Å². The van der Waals surface area contributed by atoms with Gasteiger partial charge in [0.2, 0.25) is 5.91 Å². The monoisotopic (exact) mass is 278 g/mol. The summed E-state index contributed by atoms with van der Waals surface area (Å²) in [6, 6.07) is 5.57. The Hall–Kier alpha value is -1.75. The minimum Gasteiger partial charge on any atom is -0.497 e. The fourth-order valence-electron chi connectivity index (χ4n) is 2.49. The van der Waals surface area contributed by atoms with Gasteiger partial charge in [-0.25, -0.2) is 0 Å². The summed E-state index contributed by atoms with van der Waals surface area (Å²) in [4.78, 5) is 12.2. The lowest BCUT2D eigenvalue weighted by Gasteiger charge is -2.16. The number of benzene rings is 1. The molecule has 0 aromatic heterocycles. The van der Waals surface area contributed by atoms with Gasteiger partial charge in [0, 0.05) is 18.7 Å². The number of amides is 1. The summed E-state index contributed by atoms with van der Waals surface area (Å²) in [5.74, 6) is 2.02. The van der Waals surface area contributed by atoms with Crippen LogP contribution >= 0.6 is 0 Å². The van der Waals surface area contributed by atoms with Crippen molar-refractivity contribution < 1.29 is 14.3 Å². The third kappa shape index (κ3) is 3.22. The summed E-state index contributed by atoms with van der Waals surface area (Å²) in [6.07, 6.45) is 0. The van der Waals surface area contributed by atoms with Crippen molar-refractivity contribution in [1.82, 2.24) is 10.6 Å². The van der Waals surface area contributed by atoms with E-state index in [1.54, 1.807) is 14.2 Å². The second kappa shape index (κ2) is 6.61. The van der Waals surface area contributed by atoms with Crippen molar-refractivity contribution in [3.05, 3.63) is 23.8 Å². The Kier molecular flexibility index (Phi) is 4.84. The number of ether oxygens (including phenoxy) is 2. The van der Waals surface area contributed by atoms with Crippen LogP contribution in [0.1, 0.15) is 12.5 Å². The van der Waals surface area contributed by atoms with Gasteiger partial charge in [-0.2, -0.15) is 0 Å².